The van der Waals surface area contributed by atoms with Gasteiger partial charge in [0.25, 0.3) is 0 Å². The minimum atomic E-state index is -0.143. The van der Waals surface area contributed by atoms with Crippen molar-refractivity contribution in [3.63, 3.8) is 0 Å². The molecule has 25 heavy (non-hydrogen) atoms. The third kappa shape index (κ3) is 4.35. The number of halogens is 1. The molecule has 0 aromatic heterocycles. The molecule has 2 aromatic carbocycles. The number of hydrogen-bond acceptors (Lipinski definition) is 2. The van der Waals surface area contributed by atoms with Gasteiger partial charge in [-0.1, -0.05) is 36.4 Å². The number of aryl methyl sites for hydroxylation is 2. The third-order valence-corrected chi connectivity index (χ3v) is 4.99. The van der Waals surface area contributed by atoms with Gasteiger partial charge in [0, 0.05) is 30.9 Å². The predicted octanol–water partition coefficient (Wildman–Crippen LogP) is 4.30. The summed E-state index contributed by atoms with van der Waals surface area (Å²) < 4.78 is 13.9. The molecule has 3 rings (SSSR count). The molecule has 1 saturated heterocycles. The molecule has 2 aromatic rings. The van der Waals surface area contributed by atoms with Crippen molar-refractivity contribution < 1.29 is 4.39 Å². The molecule has 0 saturated carbocycles. The van der Waals surface area contributed by atoms with Gasteiger partial charge in [-0.05, 0) is 49.7 Å². The molecule has 1 heterocycles. The molecule has 0 bridgehead atoms. The van der Waals surface area contributed by atoms with Crippen LogP contribution in [0, 0.1) is 19.7 Å². The van der Waals surface area contributed by atoms with Gasteiger partial charge in [0.05, 0.1) is 6.67 Å². The first kappa shape index (κ1) is 17.8. The van der Waals surface area contributed by atoms with E-state index in [1.165, 1.54) is 17.2 Å². The molecule has 0 radical (unpaired) electrons. The van der Waals surface area contributed by atoms with Crippen LogP contribution in [0.1, 0.15) is 23.1 Å². The van der Waals surface area contributed by atoms with Crippen molar-refractivity contribution in [2.75, 3.05) is 25.1 Å². The SMILES string of the molecule is Cc1cccc(C)c1NC(=S)N1CCCN(Cc2ccccc2F)C1. The van der Waals surface area contributed by atoms with E-state index in [4.69, 9.17) is 12.2 Å². The normalized spacial score (nSPS) is 15.2. The van der Waals surface area contributed by atoms with Crippen molar-refractivity contribution >= 4 is 23.0 Å². The summed E-state index contributed by atoms with van der Waals surface area (Å²) in [5, 5.41) is 4.13. The number of hydrogen-bond donors (Lipinski definition) is 1. The average Bonchev–Trinajstić information content (AvgIpc) is 2.60. The maximum atomic E-state index is 13.9. The van der Waals surface area contributed by atoms with Gasteiger partial charge in [0.15, 0.2) is 5.11 Å². The third-order valence-electron chi connectivity index (χ3n) is 4.63. The van der Waals surface area contributed by atoms with Crippen LogP contribution in [0.3, 0.4) is 0 Å². The second kappa shape index (κ2) is 7.93. The minimum Gasteiger partial charge on any atom is -0.336 e. The average molecular weight is 357 g/mol. The zero-order chi connectivity index (χ0) is 17.8. The summed E-state index contributed by atoms with van der Waals surface area (Å²) in [5.74, 6) is -0.143. The van der Waals surface area contributed by atoms with E-state index >= 15 is 0 Å². The van der Waals surface area contributed by atoms with Crippen LogP contribution in [0.2, 0.25) is 0 Å². The lowest BCUT2D eigenvalue weighted by atomic mass is 10.1. The molecular formula is C20H24FN3S. The maximum absolute atomic E-state index is 13.9. The van der Waals surface area contributed by atoms with Gasteiger partial charge in [0.2, 0.25) is 0 Å². The lowest BCUT2D eigenvalue weighted by molar-refractivity contribution is 0.132. The molecule has 1 aliphatic heterocycles. The highest BCUT2D eigenvalue weighted by molar-refractivity contribution is 7.80. The Labute approximate surface area is 154 Å². The van der Waals surface area contributed by atoms with E-state index in [0.29, 0.717) is 13.2 Å². The van der Waals surface area contributed by atoms with Crippen LogP contribution in [0.25, 0.3) is 0 Å². The zero-order valence-corrected chi connectivity index (χ0v) is 15.6. The summed E-state index contributed by atoms with van der Waals surface area (Å²) in [5.41, 5.74) is 4.18. The van der Waals surface area contributed by atoms with Crippen molar-refractivity contribution in [2.45, 2.75) is 26.8 Å². The fraction of sp³-hybridized carbons (Fsp3) is 0.350. The fourth-order valence-electron chi connectivity index (χ4n) is 3.23. The van der Waals surface area contributed by atoms with E-state index in [0.717, 1.165) is 35.9 Å². The molecule has 1 aliphatic rings. The molecule has 0 spiro atoms. The Bertz CT molecular complexity index is 742. The molecule has 0 atom stereocenters. The number of thiocarbonyl (C=S) groups is 1. The Hall–Kier alpha value is -1.98. The zero-order valence-electron chi connectivity index (χ0n) is 14.8. The van der Waals surface area contributed by atoms with Crippen LogP contribution in [0.4, 0.5) is 10.1 Å². The fourth-order valence-corrected chi connectivity index (χ4v) is 3.48. The smallest absolute Gasteiger partial charge is 0.174 e. The van der Waals surface area contributed by atoms with E-state index in [2.05, 4.69) is 47.2 Å². The Kier molecular flexibility index (Phi) is 5.66. The van der Waals surface area contributed by atoms with Gasteiger partial charge in [-0.15, -0.1) is 0 Å². The summed E-state index contributed by atoms with van der Waals surface area (Å²) in [4.78, 5) is 4.39. The first-order valence-electron chi connectivity index (χ1n) is 8.62. The first-order valence-corrected chi connectivity index (χ1v) is 9.03. The quantitative estimate of drug-likeness (QED) is 0.825. The second-order valence-corrected chi connectivity index (χ2v) is 6.99. The summed E-state index contributed by atoms with van der Waals surface area (Å²) in [6.45, 7) is 7.36. The van der Waals surface area contributed by atoms with Crippen LogP contribution in [-0.4, -0.2) is 34.7 Å². The van der Waals surface area contributed by atoms with Gasteiger partial charge in [0.1, 0.15) is 5.82 Å². The van der Waals surface area contributed by atoms with Crippen molar-refractivity contribution in [1.82, 2.24) is 9.80 Å². The van der Waals surface area contributed by atoms with Crippen molar-refractivity contribution in [1.29, 1.82) is 0 Å². The predicted molar refractivity (Wildman–Crippen MR) is 105 cm³/mol. The minimum absolute atomic E-state index is 0.143. The lowest BCUT2D eigenvalue weighted by Gasteiger charge is -2.37. The number of anilines is 1. The molecule has 132 valence electrons. The van der Waals surface area contributed by atoms with E-state index in [1.807, 2.05) is 12.1 Å². The van der Waals surface area contributed by atoms with Crippen LogP contribution in [0.5, 0.6) is 0 Å². The molecule has 0 aliphatic carbocycles. The number of para-hydroxylation sites is 1. The Morgan fingerprint density at radius 3 is 2.52 bits per heavy atom. The Morgan fingerprint density at radius 2 is 1.80 bits per heavy atom. The van der Waals surface area contributed by atoms with E-state index in [9.17, 15) is 4.39 Å². The van der Waals surface area contributed by atoms with Gasteiger partial charge < -0.3 is 10.2 Å². The van der Waals surface area contributed by atoms with E-state index < -0.39 is 0 Å². The van der Waals surface area contributed by atoms with Crippen LogP contribution in [-0.2, 0) is 6.54 Å². The number of rotatable bonds is 3. The lowest BCUT2D eigenvalue weighted by Crippen LogP contribution is -2.48. The standard InChI is InChI=1S/C20H24FN3S/c1-15-7-5-8-16(2)19(15)22-20(25)24-12-6-11-23(14-24)13-17-9-3-4-10-18(17)21/h3-5,7-10H,6,11-14H2,1-2H3,(H,22,25). The monoisotopic (exact) mass is 357 g/mol. The maximum Gasteiger partial charge on any atom is 0.174 e. The largest absolute Gasteiger partial charge is 0.336 e. The summed E-state index contributed by atoms with van der Waals surface area (Å²) in [6, 6.07) is 13.2. The number of nitrogens with one attached hydrogen (secondary N) is 1. The summed E-state index contributed by atoms with van der Waals surface area (Å²) >= 11 is 5.63. The molecular weight excluding hydrogens is 333 g/mol. The van der Waals surface area contributed by atoms with Crippen LogP contribution < -0.4 is 5.32 Å². The van der Waals surface area contributed by atoms with E-state index in [-0.39, 0.29) is 5.82 Å². The van der Waals surface area contributed by atoms with Gasteiger partial charge in [-0.2, -0.15) is 0 Å². The number of nitrogens with zero attached hydrogens (tertiary/aromatic N) is 2. The van der Waals surface area contributed by atoms with E-state index in [1.54, 1.807) is 6.07 Å². The molecule has 0 amide bonds. The molecule has 1 N–H and O–H groups in total. The molecule has 0 unspecified atom stereocenters. The molecule has 1 fully saturated rings. The van der Waals surface area contributed by atoms with Crippen molar-refractivity contribution in [2.24, 2.45) is 0 Å². The highest BCUT2D eigenvalue weighted by Gasteiger charge is 2.21. The Morgan fingerprint density at radius 1 is 1.08 bits per heavy atom. The number of benzene rings is 2. The van der Waals surface area contributed by atoms with Crippen molar-refractivity contribution in [3.05, 3.63) is 65.0 Å². The topological polar surface area (TPSA) is 18.5 Å². The first-order chi connectivity index (χ1) is 12.0. The van der Waals surface area contributed by atoms with Gasteiger partial charge in [-0.25, -0.2) is 4.39 Å². The Balaban J connectivity index is 1.65. The van der Waals surface area contributed by atoms with Crippen LogP contribution >= 0.6 is 12.2 Å². The van der Waals surface area contributed by atoms with Gasteiger partial charge >= 0.3 is 0 Å². The summed E-state index contributed by atoms with van der Waals surface area (Å²) in [6.07, 6.45) is 1.02. The van der Waals surface area contributed by atoms with Crippen LogP contribution in [0.15, 0.2) is 42.5 Å². The highest BCUT2D eigenvalue weighted by Crippen LogP contribution is 2.21. The highest BCUT2D eigenvalue weighted by atomic mass is 32.1. The molecule has 5 heteroatoms. The van der Waals surface area contributed by atoms with Crippen molar-refractivity contribution in [3.8, 4) is 0 Å². The molecule has 3 nitrogen and oxygen atoms in total. The summed E-state index contributed by atoms with van der Waals surface area (Å²) in [7, 11) is 0. The van der Waals surface area contributed by atoms with Gasteiger partial charge in [-0.3, -0.25) is 4.90 Å². The second-order valence-electron chi connectivity index (χ2n) is 6.60.